The molecule has 0 aliphatic carbocycles. The van der Waals surface area contributed by atoms with Crippen LogP contribution in [0.25, 0.3) is 10.8 Å². The summed E-state index contributed by atoms with van der Waals surface area (Å²) in [7, 11) is -0.162. The molecule has 0 amide bonds. The van der Waals surface area contributed by atoms with E-state index in [1.165, 1.54) is 33.5 Å². The van der Waals surface area contributed by atoms with Crippen LogP contribution in [0.1, 0.15) is 18.9 Å². The van der Waals surface area contributed by atoms with E-state index in [1.807, 2.05) is 31.2 Å². The number of anilines is 2. The van der Waals surface area contributed by atoms with Crippen molar-refractivity contribution in [1.29, 1.82) is 0 Å². The molecule has 0 unspecified atom stereocenters. The number of hydrogen-bond acceptors (Lipinski definition) is 8. The highest BCUT2D eigenvalue weighted by Gasteiger charge is 2.30. The number of nitrogens with zero attached hydrogens (tertiary/aromatic N) is 2. The molecule has 0 N–H and O–H groups in total. The molecule has 0 aromatic heterocycles. The summed E-state index contributed by atoms with van der Waals surface area (Å²) in [6.45, 7) is 1.82. The highest BCUT2D eigenvalue weighted by molar-refractivity contribution is 7.92. The minimum atomic E-state index is -4.21. The van der Waals surface area contributed by atoms with Crippen LogP contribution in [0.15, 0.2) is 89.8 Å². The van der Waals surface area contributed by atoms with Crippen molar-refractivity contribution < 1.29 is 32.2 Å². The fraction of sp³-hybridized carbons (Fsp3) is 0.250. The van der Waals surface area contributed by atoms with E-state index in [0.29, 0.717) is 28.4 Å². The minimum Gasteiger partial charge on any atom is -0.497 e. The maximum absolute atomic E-state index is 14.0. The average Bonchev–Trinajstić information content (AvgIpc) is 3.02. The lowest BCUT2D eigenvalue weighted by Gasteiger charge is -2.33. The predicted molar refractivity (Wildman–Crippen MR) is 167 cm³/mol. The number of halogens is 1. The van der Waals surface area contributed by atoms with Crippen LogP contribution in [0.5, 0.6) is 5.75 Å². The third-order valence-electron chi connectivity index (χ3n) is 7.09. The van der Waals surface area contributed by atoms with Crippen molar-refractivity contribution in [3.8, 4) is 5.75 Å². The van der Waals surface area contributed by atoms with E-state index >= 15 is 0 Å². The van der Waals surface area contributed by atoms with Gasteiger partial charge in [0.05, 0.1) is 38.3 Å². The Morgan fingerprint density at radius 3 is 1.95 bits per heavy atom. The van der Waals surface area contributed by atoms with Crippen molar-refractivity contribution in [3.05, 3.63) is 95.5 Å². The third-order valence-corrected chi connectivity index (χ3v) is 9.12. The van der Waals surface area contributed by atoms with Gasteiger partial charge < -0.3 is 19.1 Å². The molecule has 0 saturated heterocycles. The highest BCUT2D eigenvalue weighted by atomic mass is 35.5. The lowest BCUT2D eigenvalue weighted by Crippen LogP contribution is -2.37. The summed E-state index contributed by atoms with van der Waals surface area (Å²) in [6, 6.07) is 23.9. The molecule has 4 rings (SSSR count). The van der Waals surface area contributed by atoms with Crippen LogP contribution in [0.3, 0.4) is 0 Å². The molecule has 0 radical (unpaired) electrons. The van der Waals surface area contributed by atoms with Crippen LogP contribution >= 0.6 is 11.6 Å². The molecule has 11 heteroatoms. The summed E-state index contributed by atoms with van der Waals surface area (Å²) >= 11 is 6.12. The number of rotatable bonds is 12. The third kappa shape index (κ3) is 7.21. The zero-order valence-corrected chi connectivity index (χ0v) is 25.9. The van der Waals surface area contributed by atoms with Crippen molar-refractivity contribution in [2.75, 3.05) is 37.1 Å². The van der Waals surface area contributed by atoms with E-state index in [9.17, 15) is 18.0 Å². The molecule has 0 aliphatic rings. The number of esters is 2. The van der Waals surface area contributed by atoms with Gasteiger partial charge >= 0.3 is 11.9 Å². The minimum absolute atomic E-state index is 0.0126. The van der Waals surface area contributed by atoms with Crippen LogP contribution in [0.4, 0.5) is 11.4 Å². The van der Waals surface area contributed by atoms with Gasteiger partial charge in [0, 0.05) is 34.1 Å². The highest BCUT2D eigenvalue weighted by Crippen LogP contribution is 2.38. The van der Waals surface area contributed by atoms with Crippen LogP contribution in [0, 0.1) is 0 Å². The summed E-state index contributed by atoms with van der Waals surface area (Å²) < 4.78 is 44.0. The summed E-state index contributed by atoms with van der Waals surface area (Å²) in [5, 5.41) is 1.93. The Morgan fingerprint density at radius 1 is 0.791 bits per heavy atom. The van der Waals surface area contributed by atoms with Gasteiger partial charge in [-0.25, -0.2) is 8.42 Å². The Balaban J connectivity index is 1.88. The van der Waals surface area contributed by atoms with E-state index in [4.69, 9.17) is 25.8 Å². The van der Waals surface area contributed by atoms with E-state index < -0.39 is 22.5 Å². The SMILES string of the molecule is COC(=O)C[C@H](C)N(Cc1ccc(Cl)cc1)c1ccc(N(CC(=O)OC)S(=O)(=O)c2ccc(OC)cc2)c2ccccc12. The monoisotopic (exact) mass is 624 g/mol. The maximum atomic E-state index is 14.0. The van der Waals surface area contributed by atoms with Crippen LogP contribution in [-0.4, -0.2) is 54.3 Å². The molecule has 4 aromatic rings. The molecular weight excluding hydrogens is 592 g/mol. The standard InChI is InChI=1S/C32H33ClN2O7S/c1-22(19-31(36)41-3)34(20-23-9-11-24(33)12-10-23)29-17-18-30(28-8-6-5-7-27(28)29)35(21-32(37)42-4)43(38,39)26-15-13-25(40-2)14-16-26/h5-18,22H,19-21H2,1-4H3/t22-/m0/s1. The van der Waals surface area contributed by atoms with E-state index in [1.54, 1.807) is 48.5 Å². The molecule has 0 heterocycles. The lowest BCUT2D eigenvalue weighted by molar-refractivity contribution is -0.141. The van der Waals surface area contributed by atoms with E-state index in [-0.39, 0.29) is 23.3 Å². The van der Waals surface area contributed by atoms with Crippen LogP contribution < -0.4 is 13.9 Å². The number of fused-ring (bicyclic) bond motifs is 1. The smallest absolute Gasteiger partial charge is 0.326 e. The predicted octanol–water partition coefficient (Wildman–Crippen LogP) is 5.83. The first-order valence-corrected chi connectivity index (χ1v) is 15.2. The first kappa shape index (κ1) is 31.7. The Morgan fingerprint density at radius 2 is 1.37 bits per heavy atom. The van der Waals surface area contributed by atoms with Crippen molar-refractivity contribution >= 4 is 55.7 Å². The zero-order chi connectivity index (χ0) is 31.1. The number of ether oxygens (including phenoxy) is 3. The van der Waals surface area contributed by atoms with Gasteiger partial charge in [0.2, 0.25) is 0 Å². The summed E-state index contributed by atoms with van der Waals surface area (Å²) in [6.07, 6.45) is 0.125. The fourth-order valence-electron chi connectivity index (χ4n) is 4.79. The molecule has 1 atom stereocenters. The first-order valence-electron chi connectivity index (χ1n) is 13.4. The molecule has 0 bridgehead atoms. The number of methoxy groups -OCH3 is 3. The largest absolute Gasteiger partial charge is 0.497 e. The van der Waals surface area contributed by atoms with E-state index in [2.05, 4.69) is 4.90 Å². The second-order valence-corrected chi connectivity index (χ2v) is 12.1. The summed E-state index contributed by atoms with van der Waals surface area (Å²) in [5.41, 5.74) is 2.03. The number of carbonyl (C=O) groups is 2. The molecule has 226 valence electrons. The van der Waals surface area contributed by atoms with Crippen molar-refractivity contribution in [2.24, 2.45) is 0 Å². The van der Waals surface area contributed by atoms with Gasteiger partial charge in [-0.3, -0.25) is 13.9 Å². The number of carbonyl (C=O) groups excluding carboxylic acids is 2. The molecule has 0 spiro atoms. The molecular formula is C32H33ClN2O7S. The van der Waals surface area contributed by atoms with Gasteiger partial charge in [-0.05, 0) is 61.0 Å². The molecule has 0 fully saturated rings. The number of sulfonamides is 1. The lowest BCUT2D eigenvalue weighted by atomic mass is 10.0. The van der Waals surface area contributed by atoms with Crippen molar-refractivity contribution in [2.45, 2.75) is 30.8 Å². The van der Waals surface area contributed by atoms with Crippen molar-refractivity contribution in [1.82, 2.24) is 0 Å². The maximum Gasteiger partial charge on any atom is 0.326 e. The van der Waals surface area contributed by atoms with Gasteiger partial charge in [-0.2, -0.15) is 0 Å². The first-order chi connectivity index (χ1) is 20.6. The molecule has 43 heavy (non-hydrogen) atoms. The second-order valence-electron chi connectivity index (χ2n) is 9.80. The zero-order valence-electron chi connectivity index (χ0n) is 24.3. The fourth-order valence-corrected chi connectivity index (χ4v) is 6.35. The normalized spacial score (nSPS) is 11.9. The number of hydrogen-bond donors (Lipinski definition) is 0. The summed E-state index contributed by atoms with van der Waals surface area (Å²) in [5.74, 6) is -0.583. The Kier molecular flexibility index (Phi) is 10.2. The Hall–Kier alpha value is -4.28. The second kappa shape index (κ2) is 13.8. The number of benzene rings is 4. The van der Waals surface area contributed by atoms with Gasteiger partial charge in [0.15, 0.2) is 0 Å². The molecule has 4 aromatic carbocycles. The Labute approximate surface area is 256 Å². The van der Waals surface area contributed by atoms with Gasteiger partial charge in [-0.1, -0.05) is 48.0 Å². The van der Waals surface area contributed by atoms with Gasteiger partial charge in [0.25, 0.3) is 10.0 Å². The summed E-state index contributed by atoms with van der Waals surface area (Å²) in [4.78, 5) is 26.9. The topological polar surface area (TPSA) is 102 Å². The van der Waals surface area contributed by atoms with E-state index in [0.717, 1.165) is 20.9 Å². The van der Waals surface area contributed by atoms with Gasteiger partial charge in [-0.15, -0.1) is 0 Å². The molecule has 0 saturated carbocycles. The molecule has 9 nitrogen and oxygen atoms in total. The molecule has 0 aliphatic heterocycles. The van der Waals surface area contributed by atoms with Gasteiger partial charge in [0.1, 0.15) is 12.3 Å². The van der Waals surface area contributed by atoms with Crippen LogP contribution in [-0.2, 0) is 35.6 Å². The van der Waals surface area contributed by atoms with Crippen molar-refractivity contribution in [3.63, 3.8) is 0 Å². The van der Waals surface area contributed by atoms with Crippen LogP contribution in [0.2, 0.25) is 5.02 Å². The quantitative estimate of drug-likeness (QED) is 0.182. The Bertz CT molecular complexity index is 1690. The average molecular weight is 625 g/mol.